The average molecular weight is 368 g/mol. The number of halogens is 5. The summed E-state index contributed by atoms with van der Waals surface area (Å²) in [6, 6.07) is 0.419. The second-order valence-electron chi connectivity index (χ2n) is 4.97. The maximum atomic E-state index is 13.1. The maximum absolute atomic E-state index is 13.1. The Balaban J connectivity index is 2.21. The van der Waals surface area contributed by atoms with E-state index in [9.17, 15) is 22.4 Å². The van der Waals surface area contributed by atoms with E-state index in [0.29, 0.717) is 10.4 Å². The van der Waals surface area contributed by atoms with E-state index in [-0.39, 0.29) is 6.54 Å². The van der Waals surface area contributed by atoms with Crippen LogP contribution in [0.3, 0.4) is 0 Å². The van der Waals surface area contributed by atoms with Crippen LogP contribution in [-0.4, -0.2) is 25.5 Å². The van der Waals surface area contributed by atoms with Crippen LogP contribution < -0.4 is 5.32 Å². The molecule has 1 amide bonds. The van der Waals surface area contributed by atoms with Crippen molar-refractivity contribution >= 4 is 17.5 Å². The fourth-order valence-corrected chi connectivity index (χ4v) is 2.38. The number of rotatable bonds is 6. The van der Waals surface area contributed by atoms with Crippen LogP contribution >= 0.6 is 11.6 Å². The van der Waals surface area contributed by atoms with Crippen molar-refractivity contribution in [2.75, 3.05) is 0 Å². The van der Waals surface area contributed by atoms with Gasteiger partial charge in [0.2, 0.25) is 5.91 Å². The Morgan fingerprint density at radius 1 is 1.33 bits per heavy atom. The molecule has 2 aromatic heterocycles. The molecule has 0 spiro atoms. The molecule has 132 valence electrons. The number of alkyl halides is 4. The van der Waals surface area contributed by atoms with Crippen molar-refractivity contribution < 1.29 is 22.4 Å². The predicted octanol–water partition coefficient (Wildman–Crippen LogP) is 3.02. The van der Waals surface area contributed by atoms with Crippen LogP contribution in [0.15, 0.2) is 12.3 Å². The minimum Gasteiger partial charge on any atom is -0.349 e. The molecule has 0 radical (unpaired) electrons. The van der Waals surface area contributed by atoms with Crippen LogP contribution in [0.4, 0.5) is 17.6 Å². The van der Waals surface area contributed by atoms with Gasteiger partial charge >= 0.3 is 0 Å². The van der Waals surface area contributed by atoms with Crippen LogP contribution in [0, 0.1) is 0 Å². The maximum Gasteiger partial charge on any atom is 0.283 e. The van der Waals surface area contributed by atoms with E-state index in [1.54, 1.807) is 13.1 Å². The van der Waals surface area contributed by atoms with Crippen LogP contribution in [0.1, 0.15) is 42.9 Å². The highest BCUT2D eigenvalue weighted by molar-refractivity contribution is 6.32. The van der Waals surface area contributed by atoms with Gasteiger partial charge in [-0.2, -0.15) is 10.2 Å². The summed E-state index contributed by atoms with van der Waals surface area (Å²) in [6.07, 6.45) is -4.74. The Hall–Kier alpha value is -2.10. The smallest absolute Gasteiger partial charge is 0.283 e. The number of nitrogens with one attached hydrogen (secondary N) is 1. The lowest BCUT2D eigenvalue weighted by molar-refractivity contribution is -0.124. The number of nitrogens with zero attached hydrogens (tertiary/aromatic N) is 4. The molecule has 2 heterocycles. The van der Waals surface area contributed by atoms with Gasteiger partial charge in [-0.1, -0.05) is 11.6 Å². The summed E-state index contributed by atoms with van der Waals surface area (Å²) in [5.74, 6) is -0.668. The Morgan fingerprint density at radius 3 is 2.50 bits per heavy atom. The third-order valence-electron chi connectivity index (χ3n) is 3.44. The van der Waals surface area contributed by atoms with Gasteiger partial charge in [-0.15, -0.1) is 0 Å². The number of amides is 1. The molecule has 1 atom stereocenters. The average Bonchev–Trinajstić information content (AvgIpc) is 3.07. The zero-order chi connectivity index (χ0) is 18.0. The minimum absolute atomic E-state index is 0.0976. The molecule has 0 saturated carbocycles. The Kier molecular flexibility index (Phi) is 5.47. The topological polar surface area (TPSA) is 64.7 Å². The third kappa shape index (κ3) is 3.53. The summed E-state index contributed by atoms with van der Waals surface area (Å²) in [5, 5.41) is 8.99. The fourth-order valence-electron chi connectivity index (χ4n) is 2.09. The lowest BCUT2D eigenvalue weighted by Crippen LogP contribution is -2.32. The first kappa shape index (κ1) is 18.2. The minimum atomic E-state index is -3.15. The Morgan fingerprint density at radius 2 is 2.00 bits per heavy atom. The van der Waals surface area contributed by atoms with Crippen molar-refractivity contribution in [1.82, 2.24) is 24.9 Å². The molecule has 2 aromatic rings. The molecule has 0 aliphatic heterocycles. The largest absolute Gasteiger partial charge is 0.349 e. The van der Waals surface area contributed by atoms with E-state index < -0.39 is 41.2 Å². The highest BCUT2D eigenvalue weighted by atomic mass is 35.5. The van der Waals surface area contributed by atoms with Crippen LogP contribution in [0.5, 0.6) is 0 Å². The normalized spacial score (nSPS) is 12.9. The Bertz CT molecular complexity index is 730. The highest BCUT2D eigenvalue weighted by Gasteiger charge is 2.31. The molecule has 0 aliphatic carbocycles. The molecular formula is C13H14ClF4N5O. The zero-order valence-electron chi connectivity index (χ0n) is 12.7. The van der Waals surface area contributed by atoms with Crippen LogP contribution in [0.25, 0.3) is 0 Å². The zero-order valence-corrected chi connectivity index (χ0v) is 13.4. The van der Waals surface area contributed by atoms with Crippen molar-refractivity contribution in [2.24, 2.45) is 7.05 Å². The van der Waals surface area contributed by atoms with E-state index in [1.165, 1.54) is 17.8 Å². The SMILES string of the molecule is CC(C(=O)NCc1ccnn1C)n1nc(C(F)F)c(Cl)c1C(F)F. The molecule has 11 heteroatoms. The van der Waals surface area contributed by atoms with Crippen molar-refractivity contribution in [1.29, 1.82) is 0 Å². The van der Waals surface area contributed by atoms with Crippen LogP contribution in [0.2, 0.25) is 5.02 Å². The van der Waals surface area contributed by atoms with Crippen molar-refractivity contribution in [2.45, 2.75) is 32.4 Å². The van der Waals surface area contributed by atoms with Gasteiger partial charge in [0.25, 0.3) is 12.9 Å². The summed E-state index contributed by atoms with van der Waals surface area (Å²) in [6.45, 7) is 1.36. The third-order valence-corrected chi connectivity index (χ3v) is 3.83. The molecule has 0 aliphatic rings. The monoisotopic (exact) mass is 367 g/mol. The van der Waals surface area contributed by atoms with E-state index in [4.69, 9.17) is 11.6 Å². The number of carbonyl (C=O) groups excluding carboxylic acids is 1. The first-order valence-corrected chi connectivity index (χ1v) is 7.20. The molecule has 1 unspecified atom stereocenters. The standard InChI is InChI=1S/C13H14ClF4N5O/c1-6(13(24)19-5-7-3-4-20-22(7)2)23-10(12(17)18)8(14)9(21-23)11(15)16/h3-4,6,11-12H,5H2,1-2H3,(H,19,24). The lowest BCUT2D eigenvalue weighted by Gasteiger charge is -2.15. The lowest BCUT2D eigenvalue weighted by atomic mass is 10.3. The second kappa shape index (κ2) is 7.20. The van der Waals surface area contributed by atoms with E-state index >= 15 is 0 Å². The van der Waals surface area contributed by atoms with E-state index in [0.717, 1.165) is 0 Å². The summed E-state index contributed by atoms with van der Waals surface area (Å²) in [5.41, 5.74) is -1.20. The van der Waals surface area contributed by atoms with Crippen molar-refractivity contribution in [3.05, 3.63) is 34.4 Å². The van der Waals surface area contributed by atoms with E-state index in [1.807, 2.05) is 0 Å². The first-order chi connectivity index (χ1) is 11.2. The molecular weight excluding hydrogens is 354 g/mol. The van der Waals surface area contributed by atoms with Gasteiger partial charge in [-0.25, -0.2) is 22.2 Å². The summed E-state index contributed by atoms with van der Waals surface area (Å²) < 4.78 is 53.9. The molecule has 0 fully saturated rings. The first-order valence-electron chi connectivity index (χ1n) is 6.82. The van der Waals surface area contributed by atoms with Gasteiger partial charge in [-0.05, 0) is 13.0 Å². The molecule has 0 bridgehead atoms. The summed E-state index contributed by atoms with van der Waals surface area (Å²) >= 11 is 5.56. The van der Waals surface area contributed by atoms with Crippen molar-refractivity contribution in [3.63, 3.8) is 0 Å². The fraction of sp³-hybridized carbons (Fsp3) is 0.462. The van der Waals surface area contributed by atoms with Gasteiger partial charge in [0.1, 0.15) is 17.4 Å². The molecule has 0 aromatic carbocycles. The molecule has 0 saturated heterocycles. The predicted molar refractivity (Wildman–Crippen MR) is 76.9 cm³/mol. The second-order valence-corrected chi connectivity index (χ2v) is 5.35. The summed E-state index contributed by atoms with van der Waals surface area (Å²) in [4.78, 5) is 12.1. The van der Waals surface area contributed by atoms with E-state index in [2.05, 4.69) is 15.5 Å². The number of aromatic nitrogens is 4. The van der Waals surface area contributed by atoms with Gasteiger partial charge in [0.15, 0.2) is 0 Å². The quantitative estimate of drug-likeness (QED) is 0.798. The number of hydrogen-bond acceptors (Lipinski definition) is 3. The number of carbonyl (C=O) groups is 1. The number of aryl methyl sites for hydroxylation is 1. The molecule has 24 heavy (non-hydrogen) atoms. The Labute approximate surface area is 139 Å². The van der Waals surface area contributed by atoms with Gasteiger partial charge in [0.05, 0.1) is 17.3 Å². The van der Waals surface area contributed by atoms with Crippen LogP contribution in [-0.2, 0) is 18.4 Å². The van der Waals surface area contributed by atoms with Gasteiger partial charge < -0.3 is 5.32 Å². The van der Waals surface area contributed by atoms with Gasteiger partial charge in [0, 0.05) is 13.2 Å². The summed E-state index contributed by atoms with van der Waals surface area (Å²) in [7, 11) is 1.67. The van der Waals surface area contributed by atoms with Gasteiger partial charge in [-0.3, -0.25) is 9.48 Å². The highest BCUT2D eigenvalue weighted by Crippen LogP contribution is 2.36. The molecule has 1 N–H and O–H groups in total. The molecule has 6 nitrogen and oxygen atoms in total. The molecule has 2 rings (SSSR count). The van der Waals surface area contributed by atoms with Crippen molar-refractivity contribution in [3.8, 4) is 0 Å². The number of hydrogen-bond donors (Lipinski definition) is 1.